The molecule has 0 saturated carbocycles. The molecule has 0 aliphatic heterocycles. The fourth-order valence-electron chi connectivity index (χ4n) is 2.15. The second-order valence-electron chi connectivity index (χ2n) is 5.16. The van der Waals surface area contributed by atoms with E-state index in [1.165, 1.54) is 6.20 Å². The largest absolute Gasteiger partial charge is 0.460 e. The van der Waals surface area contributed by atoms with Gasteiger partial charge in [-0.3, -0.25) is 4.79 Å². The first-order valence-corrected chi connectivity index (χ1v) is 6.76. The van der Waals surface area contributed by atoms with E-state index in [2.05, 4.69) is 15.4 Å². The van der Waals surface area contributed by atoms with Gasteiger partial charge in [0.15, 0.2) is 11.4 Å². The van der Waals surface area contributed by atoms with Crippen molar-refractivity contribution in [2.45, 2.75) is 26.8 Å². The van der Waals surface area contributed by atoms with Crippen molar-refractivity contribution in [3.8, 4) is 11.5 Å². The Morgan fingerprint density at radius 1 is 1.33 bits per heavy atom. The maximum atomic E-state index is 12.2. The minimum atomic E-state index is -0.180. The number of furan rings is 1. The van der Waals surface area contributed by atoms with Gasteiger partial charge in [0.05, 0.1) is 6.20 Å². The summed E-state index contributed by atoms with van der Waals surface area (Å²) in [6.07, 6.45) is 3.18. The SMILES string of the molecule is Cc1ccc(-c2ccnc3c(C(=O)NC(C)C)cnn23)o1. The van der Waals surface area contributed by atoms with Gasteiger partial charge in [-0.2, -0.15) is 5.10 Å². The number of hydrogen-bond donors (Lipinski definition) is 1. The zero-order valence-electron chi connectivity index (χ0n) is 12.1. The molecule has 1 amide bonds. The van der Waals surface area contributed by atoms with E-state index < -0.39 is 0 Å². The molecule has 3 heterocycles. The number of nitrogens with one attached hydrogen (secondary N) is 1. The van der Waals surface area contributed by atoms with Crippen LogP contribution in [0.4, 0.5) is 0 Å². The minimum absolute atomic E-state index is 0.0587. The lowest BCUT2D eigenvalue weighted by atomic mass is 10.2. The van der Waals surface area contributed by atoms with Crippen molar-refractivity contribution in [1.82, 2.24) is 19.9 Å². The first-order chi connectivity index (χ1) is 10.1. The molecule has 0 unspecified atom stereocenters. The summed E-state index contributed by atoms with van der Waals surface area (Å²) in [6, 6.07) is 5.63. The Morgan fingerprint density at radius 2 is 2.14 bits per heavy atom. The summed E-state index contributed by atoms with van der Waals surface area (Å²) in [7, 11) is 0. The molecule has 0 aromatic carbocycles. The van der Waals surface area contributed by atoms with Crippen LogP contribution in [0.3, 0.4) is 0 Å². The second kappa shape index (κ2) is 5.05. The van der Waals surface area contributed by atoms with Gasteiger partial charge in [-0.25, -0.2) is 9.50 Å². The Labute approximate surface area is 121 Å². The minimum Gasteiger partial charge on any atom is -0.460 e. The standard InChI is InChI=1S/C15H16N4O2/c1-9(2)18-15(20)11-8-17-19-12(6-7-16-14(11)19)13-5-4-10(3)21-13/h4-9H,1-3H3,(H,18,20). The molecule has 6 heteroatoms. The highest BCUT2D eigenvalue weighted by Crippen LogP contribution is 2.23. The normalized spacial score (nSPS) is 11.2. The van der Waals surface area contributed by atoms with E-state index in [9.17, 15) is 4.79 Å². The lowest BCUT2D eigenvalue weighted by Gasteiger charge is -2.06. The highest BCUT2D eigenvalue weighted by atomic mass is 16.3. The molecule has 3 aromatic rings. The summed E-state index contributed by atoms with van der Waals surface area (Å²) < 4.78 is 7.24. The molecular weight excluding hydrogens is 268 g/mol. The van der Waals surface area contributed by atoms with Crippen molar-refractivity contribution in [3.05, 3.63) is 41.9 Å². The van der Waals surface area contributed by atoms with Crippen LogP contribution in [0, 0.1) is 6.92 Å². The molecule has 6 nitrogen and oxygen atoms in total. The number of fused-ring (bicyclic) bond motifs is 1. The molecule has 0 saturated heterocycles. The van der Waals surface area contributed by atoms with Crippen LogP contribution in [-0.2, 0) is 0 Å². The van der Waals surface area contributed by atoms with E-state index in [-0.39, 0.29) is 11.9 Å². The molecule has 0 aliphatic carbocycles. The van der Waals surface area contributed by atoms with Crippen molar-refractivity contribution in [2.75, 3.05) is 0 Å². The zero-order valence-corrected chi connectivity index (χ0v) is 12.1. The Bertz CT molecular complexity index is 801. The molecule has 0 radical (unpaired) electrons. The van der Waals surface area contributed by atoms with E-state index in [1.807, 2.05) is 39.0 Å². The van der Waals surface area contributed by atoms with Crippen molar-refractivity contribution in [3.63, 3.8) is 0 Å². The Morgan fingerprint density at radius 3 is 2.81 bits per heavy atom. The molecule has 3 aromatic heterocycles. The quantitative estimate of drug-likeness (QED) is 0.801. The molecule has 1 N–H and O–H groups in total. The highest BCUT2D eigenvalue weighted by Gasteiger charge is 2.17. The van der Waals surface area contributed by atoms with Crippen LogP contribution < -0.4 is 5.32 Å². The Hall–Kier alpha value is -2.63. The number of nitrogens with zero attached hydrogens (tertiary/aromatic N) is 3. The van der Waals surface area contributed by atoms with Crippen LogP contribution in [0.1, 0.15) is 30.0 Å². The third-order valence-corrected chi connectivity index (χ3v) is 3.06. The summed E-state index contributed by atoms with van der Waals surface area (Å²) in [5.74, 6) is 1.33. The predicted molar refractivity (Wildman–Crippen MR) is 78.0 cm³/mol. The molecule has 0 fully saturated rings. The molecule has 3 rings (SSSR count). The predicted octanol–water partition coefficient (Wildman–Crippen LogP) is 2.44. The number of aryl methyl sites for hydroxylation is 1. The number of hydrogen-bond acceptors (Lipinski definition) is 4. The highest BCUT2D eigenvalue weighted by molar-refractivity contribution is 6.00. The third-order valence-electron chi connectivity index (χ3n) is 3.06. The topological polar surface area (TPSA) is 72.4 Å². The molecule has 108 valence electrons. The van der Waals surface area contributed by atoms with E-state index >= 15 is 0 Å². The number of rotatable bonds is 3. The molecule has 0 aliphatic rings. The number of carbonyl (C=O) groups is 1. The van der Waals surface area contributed by atoms with Crippen LogP contribution in [-0.4, -0.2) is 26.5 Å². The fraction of sp³-hybridized carbons (Fsp3) is 0.267. The number of carbonyl (C=O) groups excluding carboxylic acids is 1. The average molecular weight is 284 g/mol. The van der Waals surface area contributed by atoms with Crippen molar-refractivity contribution >= 4 is 11.6 Å². The van der Waals surface area contributed by atoms with Gasteiger partial charge in [0.1, 0.15) is 17.0 Å². The summed E-state index contributed by atoms with van der Waals surface area (Å²) in [4.78, 5) is 16.4. The molecule has 0 atom stereocenters. The van der Waals surface area contributed by atoms with Gasteiger partial charge in [0.2, 0.25) is 0 Å². The van der Waals surface area contributed by atoms with E-state index in [0.29, 0.717) is 17.0 Å². The summed E-state index contributed by atoms with van der Waals surface area (Å²) in [6.45, 7) is 5.70. The van der Waals surface area contributed by atoms with Crippen LogP contribution in [0.2, 0.25) is 0 Å². The van der Waals surface area contributed by atoms with Crippen LogP contribution in [0.5, 0.6) is 0 Å². The summed E-state index contributed by atoms with van der Waals surface area (Å²) >= 11 is 0. The smallest absolute Gasteiger partial charge is 0.256 e. The van der Waals surface area contributed by atoms with E-state index in [4.69, 9.17) is 4.42 Å². The second-order valence-corrected chi connectivity index (χ2v) is 5.16. The van der Waals surface area contributed by atoms with Gasteiger partial charge in [-0.05, 0) is 39.0 Å². The maximum absolute atomic E-state index is 12.2. The van der Waals surface area contributed by atoms with Gasteiger partial charge < -0.3 is 9.73 Å². The Kier molecular flexibility index (Phi) is 3.21. The number of amides is 1. The van der Waals surface area contributed by atoms with Gasteiger partial charge in [0, 0.05) is 12.2 Å². The first-order valence-electron chi connectivity index (χ1n) is 6.76. The lowest BCUT2D eigenvalue weighted by molar-refractivity contribution is 0.0944. The van der Waals surface area contributed by atoms with Crippen LogP contribution in [0.25, 0.3) is 17.1 Å². The monoisotopic (exact) mass is 284 g/mol. The zero-order chi connectivity index (χ0) is 15.0. The van der Waals surface area contributed by atoms with Crippen LogP contribution in [0.15, 0.2) is 35.0 Å². The average Bonchev–Trinajstić information content (AvgIpc) is 3.03. The van der Waals surface area contributed by atoms with Gasteiger partial charge >= 0.3 is 0 Å². The third kappa shape index (κ3) is 2.40. The van der Waals surface area contributed by atoms with Crippen LogP contribution >= 0.6 is 0 Å². The summed E-state index contributed by atoms with van der Waals surface area (Å²) in [5, 5.41) is 7.11. The summed E-state index contributed by atoms with van der Waals surface area (Å²) in [5.41, 5.74) is 1.73. The molecule has 0 spiro atoms. The Balaban J connectivity index is 2.10. The van der Waals surface area contributed by atoms with Crippen molar-refractivity contribution < 1.29 is 9.21 Å². The van der Waals surface area contributed by atoms with Gasteiger partial charge in [0.25, 0.3) is 5.91 Å². The lowest BCUT2D eigenvalue weighted by Crippen LogP contribution is -2.30. The number of aromatic nitrogens is 3. The first kappa shape index (κ1) is 13.4. The van der Waals surface area contributed by atoms with E-state index in [0.717, 1.165) is 11.5 Å². The van der Waals surface area contributed by atoms with Crippen molar-refractivity contribution in [2.24, 2.45) is 0 Å². The van der Waals surface area contributed by atoms with Gasteiger partial charge in [-0.1, -0.05) is 0 Å². The van der Waals surface area contributed by atoms with Gasteiger partial charge in [-0.15, -0.1) is 0 Å². The maximum Gasteiger partial charge on any atom is 0.256 e. The fourth-order valence-corrected chi connectivity index (χ4v) is 2.15. The van der Waals surface area contributed by atoms with E-state index in [1.54, 1.807) is 10.7 Å². The molecular formula is C15H16N4O2. The molecule has 21 heavy (non-hydrogen) atoms. The molecule has 0 bridgehead atoms. The van der Waals surface area contributed by atoms with Crippen molar-refractivity contribution in [1.29, 1.82) is 0 Å².